The number of carbonyl (C=O) groups excluding carboxylic acids is 1. The monoisotopic (exact) mass is 309 g/mol. The molecule has 0 aliphatic rings. The fraction of sp³-hybridized carbons (Fsp3) is 0.118. The van der Waals surface area contributed by atoms with E-state index in [4.69, 9.17) is 14.7 Å². The van der Waals surface area contributed by atoms with E-state index in [-0.39, 0.29) is 11.7 Å². The number of ketones is 1. The van der Waals surface area contributed by atoms with E-state index in [1.54, 1.807) is 55.6 Å². The van der Waals surface area contributed by atoms with Gasteiger partial charge >= 0.3 is 0 Å². The molecule has 116 valence electrons. The third-order valence-corrected chi connectivity index (χ3v) is 2.88. The second-order valence-electron chi connectivity index (χ2n) is 4.52. The summed E-state index contributed by atoms with van der Waals surface area (Å²) in [7, 11) is 1.54. The lowest BCUT2D eigenvalue weighted by atomic mass is 10.2. The van der Waals surface area contributed by atoms with Crippen molar-refractivity contribution in [2.75, 3.05) is 12.5 Å². The van der Waals surface area contributed by atoms with E-state index >= 15 is 0 Å². The number of nitrogens with zero attached hydrogens (tertiary/aromatic N) is 2. The minimum absolute atomic E-state index is 0.119. The number of hydrogen-bond donors (Lipinski definition) is 1. The molecule has 2 aromatic rings. The van der Waals surface area contributed by atoms with Crippen LogP contribution in [0.2, 0.25) is 0 Å². The first-order valence-electron chi connectivity index (χ1n) is 6.79. The predicted molar refractivity (Wildman–Crippen MR) is 86.5 cm³/mol. The molecular formula is C17H15N3O3. The van der Waals surface area contributed by atoms with E-state index in [0.717, 1.165) is 0 Å². The Bertz CT molecular complexity index is 779. The standard InChI is InChI=1S/C17H15N3O3/c1-12(21)17(23-15-8-5-7-14(10-15)22-2)20-19-16-9-4-3-6-13(16)11-18/h3-10,19H,1-2H3/b20-17+. The number of nitrogens with one attached hydrogen (secondary N) is 1. The van der Waals surface area contributed by atoms with Crippen molar-refractivity contribution in [1.82, 2.24) is 0 Å². The third-order valence-electron chi connectivity index (χ3n) is 2.88. The number of hydrogen-bond acceptors (Lipinski definition) is 6. The molecule has 0 saturated carbocycles. The fourth-order valence-corrected chi connectivity index (χ4v) is 1.74. The summed E-state index contributed by atoms with van der Waals surface area (Å²) >= 11 is 0. The summed E-state index contributed by atoms with van der Waals surface area (Å²) in [5.74, 6) is 0.558. The lowest BCUT2D eigenvalue weighted by molar-refractivity contribution is -0.111. The quantitative estimate of drug-likeness (QED) is 0.521. The van der Waals surface area contributed by atoms with Crippen LogP contribution >= 0.6 is 0 Å². The lowest BCUT2D eigenvalue weighted by Gasteiger charge is -2.09. The summed E-state index contributed by atoms with van der Waals surface area (Å²) in [5.41, 5.74) is 3.59. The predicted octanol–water partition coefficient (Wildman–Crippen LogP) is 2.96. The van der Waals surface area contributed by atoms with Gasteiger partial charge in [-0.05, 0) is 24.3 Å². The van der Waals surface area contributed by atoms with Crippen LogP contribution in [0.1, 0.15) is 12.5 Å². The molecular weight excluding hydrogens is 294 g/mol. The van der Waals surface area contributed by atoms with Gasteiger partial charge in [0.15, 0.2) is 0 Å². The number of carbonyl (C=O) groups is 1. The van der Waals surface area contributed by atoms with Gasteiger partial charge in [-0.3, -0.25) is 10.2 Å². The van der Waals surface area contributed by atoms with Crippen molar-refractivity contribution in [3.8, 4) is 17.6 Å². The minimum Gasteiger partial charge on any atom is -0.497 e. The molecule has 6 heteroatoms. The van der Waals surface area contributed by atoms with E-state index in [2.05, 4.69) is 10.5 Å². The Morgan fingerprint density at radius 2 is 1.91 bits per heavy atom. The van der Waals surface area contributed by atoms with Crippen LogP contribution in [0, 0.1) is 11.3 Å². The average Bonchev–Trinajstić information content (AvgIpc) is 2.58. The fourth-order valence-electron chi connectivity index (χ4n) is 1.74. The molecule has 0 aliphatic heterocycles. The van der Waals surface area contributed by atoms with Gasteiger partial charge in [0.25, 0.3) is 5.90 Å². The topological polar surface area (TPSA) is 83.7 Å². The summed E-state index contributed by atoms with van der Waals surface area (Å²) < 4.78 is 10.6. The Kier molecular flexibility index (Phi) is 5.31. The van der Waals surface area contributed by atoms with Crippen molar-refractivity contribution in [2.24, 2.45) is 5.10 Å². The highest BCUT2D eigenvalue weighted by Gasteiger charge is 2.10. The van der Waals surface area contributed by atoms with E-state index in [1.807, 2.05) is 6.07 Å². The largest absolute Gasteiger partial charge is 0.497 e. The third kappa shape index (κ3) is 4.32. The van der Waals surface area contributed by atoms with Crippen molar-refractivity contribution in [1.29, 1.82) is 5.26 Å². The Morgan fingerprint density at radius 3 is 2.61 bits per heavy atom. The zero-order valence-electron chi connectivity index (χ0n) is 12.7. The van der Waals surface area contributed by atoms with E-state index in [1.165, 1.54) is 6.92 Å². The Hall–Kier alpha value is -3.33. The van der Waals surface area contributed by atoms with Gasteiger partial charge in [0.2, 0.25) is 5.78 Å². The maximum absolute atomic E-state index is 11.7. The number of rotatable bonds is 5. The number of methoxy groups -OCH3 is 1. The molecule has 2 rings (SSSR count). The maximum atomic E-state index is 11.7. The molecule has 0 fully saturated rings. The molecule has 0 spiro atoms. The summed E-state index contributed by atoms with van der Waals surface area (Å²) in [5, 5.41) is 13.0. The summed E-state index contributed by atoms with van der Waals surface area (Å²) in [6.45, 7) is 1.34. The molecule has 2 aromatic carbocycles. The first-order chi connectivity index (χ1) is 11.1. The summed E-state index contributed by atoms with van der Waals surface area (Å²) in [6, 6.07) is 15.7. The number of ether oxygens (including phenoxy) is 2. The van der Waals surface area contributed by atoms with Crippen LogP contribution in [-0.4, -0.2) is 18.8 Å². The number of benzene rings is 2. The smallest absolute Gasteiger partial charge is 0.280 e. The maximum Gasteiger partial charge on any atom is 0.280 e. The number of nitriles is 1. The summed E-state index contributed by atoms with van der Waals surface area (Å²) in [6.07, 6.45) is 0. The summed E-state index contributed by atoms with van der Waals surface area (Å²) in [4.78, 5) is 11.7. The normalized spacial score (nSPS) is 10.6. The van der Waals surface area contributed by atoms with E-state index in [0.29, 0.717) is 22.7 Å². The van der Waals surface area contributed by atoms with Crippen molar-refractivity contribution in [3.05, 3.63) is 54.1 Å². The van der Waals surface area contributed by atoms with Gasteiger partial charge in [0.05, 0.1) is 18.4 Å². The van der Waals surface area contributed by atoms with Crippen molar-refractivity contribution in [2.45, 2.75) is 6.92 Å². The molecule has 0 bridgehead atoms. The van der Waals surface area contributed by atoms with Crippen molar-refractivity contribution < 1.29 is 14.3 Å². The first kappa shape index (κ1) is 16.0. The van der Waals surface area contributed by atoms with Gasteiger partial charge in [-0.25, -0.2) is 0 Å². The molecule has 23 heavy (non-hydrogen) atoms. The molecule has 0 aromatic heterocycles. The van der Waals surface area contributed by atoms with Gasteiger partial charge in [-0.2, -0.15) is 5.26 Å². The van der Waals surface area contributed by atoms with Crippen LogP contribution in [0.4, 0.5) is 5.69 Å². The highest BCUT2D eigenvalue weighted by Crippen LogP contribution is 2.19. The highest BCUT2D eigenvalue weighted by atomic mass is 16.5. The second-order valence-corrected chi connectivity index (χ2v) is 4.52. The van der Waals surface area contributed by atoms with E-state index < -0.39 is 0 Å². The number of anilines is 1. The molecule has 6 nitrogen and oxygen atoms in total. The van der Waals surface area contributed by atoms with Gasteiger partial charge in [-0.15, -0.1) is 5.10 Å². The lowest BCUT2D eigenvalue weighted by Crippen LogP contribution is -2.19. The van der Waals surface area contributed by atoms with Crippen LogP contribution in [0.3, 0.4) is 0 Å². The van der Waals surface area contributed by atoms with Gasteiger partial charge < -0.3 is 9.47 Å². The van der Waals surface area contributed by atoms with Crippen LogP contribution in [0.15, 0.2) is 53.6 Å². The van der Waals surface area contributed by atoms with Crippen LogP contribution in [0.25, 0.3) is 0 Å². The Labute approximate surface area is 134 Å². The molecule has 0 radical (unpaired) electrons. The Balaban J connectivity index is 2.21. The van der Waals surface area contributed by atoms with Gasteiger partial charge in [0, 0.05) is 13.0 Å². The van der Waals surface area contributed by atoms with Crippen molar-refractivity contribution in [3.63, 3.8) is 0 Å². The number of Topliss-reactive ketones (excluding diaryl/α,β-unsaturated/α-hetero) is 1. The molecule has 0 heterocycles. The second kappa shape index (κ2) is 7.61. The molecule has 0 amide bonds. The van der Waals surface area contributed by atoms with E-state index in [9.17, 15) is 4.79 Å². The molecule has 0 saturated heterocycles. The molecule has 1 N–H and O–H groups in total. The van der Waals surface area contributed by atoms with Gasteiger partial charge in [-0.1, -0.05) is 18.2 Å². The minimum atomic E-state index is -0.352. The zero-order chi connectivity index (χ0) is 16.7. The SMILES string of the molecule is COc1cccc(O/C(=N/Nc2ccccc2C#N)C(C)=O)c1. The zero-order valence-corrected chi connectivity index (χ0v) is 12.7. The first-order valence-corrected chi connectivity index (χ1v) is 6.79. The molecule has 0 unspecified atom stereocenters. The molecule has 0 aliphatic carbocycles. The van der Waals surface area contributed by atoms with Crippen LogP contribution in [-0.2, 0) is 4.79 Å². The van der Waals surface area contributed by atoms with Crippen molar-refractivity contribution >= 4 is 17.4 Å². The van der Waals surface area contributed by atoms with Gasteiger partial charge in [0.1, 0.15) is 17.6 Å². The Morgan fingerprint density at radius 1 is 1.17 bits per heavy atom. The highest BCUT2D eigenvalue weighted by molar-refractivity contribution is 6.36. The average molecular weight is 309 g/mol. The molecule has 0 atom stereocenters. The van der Waals surface area contributed by atoms with Crippen LogP contribution in [0.5, 0.6) is 11.5 Å². The van der Waals surface area contributed by atoms with Crippen LogP contribution < -0.4 is 14.9 Å². The number of hydrazone groups is 1. The number of para-hydroxylation sites is 1.